The molecule has 2 aromatic heterocycles. The van der Waals surface area contributed by atoms with E-state index < -0.39 is 29.1 Å². The molecular weight excluding hydrogens is 463 g/mol. The molecule has 0 fully saturated rings. The zero-order chi connectivity index (χ0) is 22.9. The summed E-state index contributed by atoms with van der Waals surface area (Å²) in [7, 11) is 0. The number of aromatic nitrogens is 2. The molecule has 0 aliphatic heterocycles. The maximum atomic E-state index is 13.6. The highest BCUT2D eigenvalue weighted by Gasteiger charge is 2.58. The van der Waals surface area contributed by atoms with Crippen LogP contribution in [0, 0.1) is 6.92 Å². The van der Waals surface area contributed by atoms with Crippen LogP contribution in [0.4, 0.5) is 18.3 Å². The number of para-hydroxylation sites is 1. The Kier molecular flexibility index (Phi) is 5.89. The maximum absolute atomic E-state index is 13.6. The number of thiazole rings is 2. The Morgan fingerprint density at radius 2 is 1.88 bits per heavy atom. The number of alkyl halides is 3. The van der Waals surface area contributed by atoms with Crippen molar-refractivity contribution in [2.24, 2.45) is 0 Å². The van der Waals surface area contributed by atoms with Gasteiger partial charge in [0.05, 0.1) is 16.6 Å². The van der Waals surface area contributed by atoms with Gasteiger partial charge in [-0.15, -0.1) is 11.3 Å². The minimum Gasteiger partial charge on any atom is -0.457 e. The van der Waals surface area contributed by atoms with Gasteiger partial charge in [-0.25, -0.2) is 9.97 Å². The van der Waals surface area contributed by atoms with Gasteiger partial charge in [0.2, 0.25) is 11.5 Å². The van der Waals surface area contributed by atoms with Gasteiger partial charge in [-0.05, 0) is 31.2 Å². The summed E-state index contributed by atoms with van der Waals surface area (Å²) in [4.78, 5) is 20.3. The Morgan fingerprint density at radius 3 is 2.53 bits per heavy atom. The number of aryl methyl sites for hydroxylation is 1. The monoisotopic (exact) mass is 479 g/mol. The molecular formula is C21H16F3N3O3S2. The van der Waals surface area contributed by atoms with Crippen molar-refractivity contribution < 1.29 is 27.8 Å². The summed E-state index contributed by atoms with van der Waals surface area (Å²) in [6.07, 6.45) is -6.31. The number of nitrogens with one attached hydrogen (secondary N) is 1. The van der Waals surface area contributed by atoms with E-state index in [1.165, 1.54) is 12.3 Å². The maximum Gasteiger partial charge on any atom is 0.424 e. The average molecular weight is 480 g/mol. The predicted molar refractivity (Wildman–Crippen MR) is 116 cm³/mol. The number of rotatable bonds is 6. The molecule has 1 unspecified atom stereocenters. The molecule has 32 heavy (non-hydrogen) atoms. The van der Waals surface area contributed by atoms with Crippen LogP contribution in [-0.2, 0) is 10.4 Å². The fourth-order valence-corrected chi connectivity index (χ4v) is 4.71. The second kappa shape index (κ2) is 8.49. The van der Waals surface area contributed by atoms with Crippen molar-refractivity contribution in [1.29, 1.82) is 0 Å². The van der Waals surface area contributed by atoms with E-state index in [0.29, 0.717) is 38.7 Å². The van der Waals surface area contributed by atoms with E-state index in [-0.39, 0.29) is 5.13 Å². The number of fused-ring (bicyclic) bond motifs is 1. The molecule has 0 saturated heterocycles. The first-order chi connectivity index (χ1) is 15.1. The van der Waals surface area contributed by atoms with Gasteiger partial charge < -0.3 is 15.2 Å². The number of hydrogen-bond acceptors (Lipinski definition) is 7. The number of aliphatic hydroxyl groups is 1. The van der Waals surface area contributed by atoms with Gasteiger partial charge in [-0.2, -0.15) is 13.2 Å². The van der Waals surface area contributed by atoms with Crippen LogP contribution in [0.5, 0.6) is 11.5 Å². The van der Waals surface area contributed by atoms with Gasteiger partial charge >= 0.3 is 6.18 Å². The molecule has 166 valence electrons. The highest BCUT2D eigenvalue weighted by atomic mass is 32.1. The molecule has 1 atom stereocenters. The molecule has 6 nitrogen and oxygen atoms in total. The predicted octanol–water partition coefficient (Wildman–Crippen LogP) is 5.63. The fraction of sp³-hybridized carbons (Fsp3) is 0.190. The lowest BCUT2D eigenvalue weighted by Crippen LogP contribution is -2.45. The molecule has 0 spiro atoms. The van der Waals surface area contributed by atoms with Crippen molar-refractivity contribution in [3.05, 3.63) is 64.6 Å². The van der Waals surface area contributed by atoms with Gasteiger partial charge in [0.25, 0.3) is 0 Å². The third-order valence-electron chi connectivity index (χ3n) is 4.44. The second-order valence-electron chi connectivity index (χ2n) is 6.94. The summed E-state index contributed by atoms with van der Waals surface area (Å²) >= 11 is 1.73. The van der Waals surface area contributed by atoms with Crippen LogP contribution in [-0.4, -0.2) is 27.2 Å². The Morgan fingerprint density at radius 1 is 1.12 bits per heavy atom. The highest BCUT2D eigenvalue weighted by Crippen LogP contribution is 2.43. The molecule has 1 amide bonds. The standard InChI is InChI=1S/C21H16F3N3O3S2/c1-12-11-31-18(25-12)20(29,21(22,23)24)10-17(28)27-19-26-15-8-7-14(9-16(15)32-19)30-13-5-3-2-4-6-13/h2-9,11,29H,10H2,1H3,(H,26,27,28). The van der Waals surface area contributed by atoms with Gasteiger partial charge in [-0.1, -0.05) is 29.5 Å². The summed E-state index contributed by atoms with van der Waals surface area (Å²) in [6.45, 7) is 1.51. The zero-order valence-electron chi connectivity index (χ0n) is 16.5. The zero-order valence-corrected chi connectivity index (χ0v) is 18.1. The summed E-state index contributed by atoms with van der Waals surface area (Å²) in [5.74, 6) is 0.169. The molecule has 4 rings (SSSR count). The molecule has 2 aromatic carbocycles. The molecule has 2 N–H and O–H groups in total. The Hall–Kier alpha value is -3.02. The largest absolute Gasteiger partial charge is 0.457 e. The van der Waals surface area contributed by atoms with Crippen LogP contribution in [0.15, 0.2) is 53.9 Å². The minimum absolute atomic E-state index is 0.113. The summed E-state index contributed by atoms with van der Waals surface area (Å²) in [5, 5.41) is 13.6. The van der Waals surface area contributed by atoms with Gasteiger partial charge in [0.15, 0.2) is 5.13 Å². The quantitative estimate of drug-likeness (QED) is 0.374. The lowest BCUT2D eigenvalue weighted by atomic mass is 9.99. The van der Waals surface area contributed by atoms with Gasteiger partial charge in [0, 0.05) is 17.1 Å². The number of carbonyl (C=O) groups excluding carboxylic acids is 1. The smallest absolute Gasteiger partial charge is 0.424 e. The first kappa shape index (κ1) is 22.2. The number of nitrogens with zero attached hydrogens (tertiary/aromatic N) is 2. The Balaban J connectivity index is 1.51. The third kappa shape index (κ3) is 4.59. The van der Waals surface area contributed by atoms with Crippen LogP contribution in [0.1, 0.15) is 17.1 Å². The normalized spacial score (nSPS) is 13.7. The minimum atomic E-state index is -5.08. The Labute approximate surface area is 188 Å². The summed E-state index contributed by atoms with van der Waals surface area (Å²) in [6, 6.07) is 14.2. The SMILES string of the molecule is Cc1csc(C(O)(CC(=O)Nc2nc3ccc(Oc4ccccc4)cc3s2)C(F)(F)F)n1. The number of halogens is 3. The van der Waals surface area contributed by atoms with Crippen LogP contribution in [0.2, 0.25) is 0 Å². The van der Waals surface area contributed by atoms with Crippen LogP contribution in [0.25, 0.3) is 10.2 Å². The number of carbonyl (C=O) groups is 1. The van der Waals surface area contributed by atoms with E-state index >= 15 is 0 Å². The van der Waals surface area contributed by atoms with Crippen molar-refractivity contribution in [3.63, 3.8) is 0 Å². The van der Waals surface area contributed by atoms with Crippen LogP contribution < -0.4 is 10.1 Å². The third-order valence-corrected chi connectivity index (χ3v) is 6.49. The fourth-order valence-electron chi connectivity index (χ4n) is 2.88. The topological polar surface area (TPSA) is 84.3 Å². The second-order valence-corrected chi connectivity index (χ2v) is 8.83. The van der Waals surface area contributed by atoms with Gasteiger partial charge in [-0.3, -0.25) is 4.79 Å². The lowest BCUT2D eigenvalue weighted by molar-refractivity contribution is -0.266. The lowest BCUT2D eigenvalue weighted by Gasteiger charge is -2.27. The van der Waals surface area contributed by atoms with E-state index in [4.69, 9.17) is 4.74 Å². The number of amides is 1. The molecule has 4 aromatic rings. The van der Waals surface area contributed by atoms with Crippen molar-refractivity contribution >= 4 is 43.9 Å². The number of benzene rings is 2. The van der Waals surface area contributed by atoms with Crippen LogP contribution >= 0.6 is 22.7 Å². The summed E-state index contributed by atoms with van der Waals surface area (Å²) in [5.41, 5.74) is -2.51. The van der Waals surface area contributed by atoms with E-state index in [9.17, 15) is 23.1 Å². The van der Waals surface area contributed by atoms with Crippen molar-refractivity contribution in [3.8, 4) is 11.5 Å². The van der Waals surface area contributed by atoms with Gasteiger partial charge in [0.1, 0.15) is 16.5 Å². The molecule has 0 saturated carbocycles. The molecule has 0 bridgehead atoms. The van der Waals surface area contributed by atoms with Crippen molar-refractivity contribution in [2.45, 2.75) is 25.1 Å². The Bertz CT molecular complexity index is 1260. The van der Waals surface area contributed by atoms with E-state index in [2.05, 4.69) is 15.3 Å². The first-order valence-electron chi connectivity index (χ1n) is 9.29. The van der Waals surface area contributed by atoms with E-state index in [1.807, 2.05) is 18.2 Å². The molecule has 0 radical (unpaired) electrons. The van der Waals surface area contributed by atoms with E-state index in [1.54, 1.807) is 30.3 Å². The van der Waals surface area contributed by atoms with E-state index in [0.717, 1.165) is 11.3 Å². The number of ether oxygens (including phenoxy) is 1. The number of anilines is 1. The molecule has 2 heterocycles. The average Bonchev–Trinajstić information content (AvgIpc) is 3.33. The van der Waals surface area contributed by atoms with Crippen molar-refractivity contribution in [1.82, 2.24) is 9.97 Å². The molecule has 0 aliphatic carbocycles. The van der Waals surface area contributed by atoms with Crippen molar-refractivity contribution in [2.75, 3.05) is 5.32 Å². The molecule has 0 aliphatic rings. The number of hydrogen-bond donors (Lipinski definition) is 2. The summed E-state index contributed by atoms with van der Waals surface area (Å²) < 4.78 is 47.2. The highest BCUT2D eigenvalue weighted by molar-refractivity contribution is 7.22. The van der Waals surface area contributed by atoms with Crippen LogP contribution in [0.3, 0.4) is 0 Å². The first-order valence-corrected chi connectivity index (χ1v) is 11.0. The molecule has 11 heteroatoms.